The molecule has 0 aliphatic heterocycles. The molecule has 1 aliphatic carbocycles. The molecule has 0 spiro atoms. The molecule has 2 heterocycles. The van der Waals surface area contributed by atoms with Crippen LogP contribution in [-0.4, -0.2) is 12.1 Å². The van der Waals surface area contributed by atoms with Crippen LogP contribution in [0.2, 0.25) is 0 Å². The largest absolute Gasteiger partial charge is 0.305 e. The summed E-state index contributed by atoms with van der Waals surface area (Å²) in [5, 5.41) is 12.1. The summed E-state index contributed by atoms with van der Waals surface area (Å²) >= 11 is 3.70. The maximum atomic E-state index is 3.87. The average molecular weight is 335 g/mol. The zero-order chi connectivity index (χ0) is 15.4. The topological polar surface area (TPSA) is 24.1 Å². The van der Waals surface area contributed by atoms with Gasteiger partial charge in [0.1, 0.15) is 0 Å². The Kier molecular flexibility index (Phi) is 5.69. The first-order valence-electron chi connectivity index (χ1n) is 8.33. The Hall–Kier alpha value is -0.680. The van der Waals surface area contributed by atoms with E-state index in [1.54, 1.807) is 0 Å². The van der Waals surface area contributed by atoms with Crippen LogP contribution in [0.25, 0.3) is 0 Å². The highest BCUT2D eigenvalue weighted by atomic mass is 32.1. The van der Waals surface area contributed by atoms with Crippen LogP contribution >= 0.6 is 22.7 Å². The lowest BCUT2D eigenvalue weighted by atomic mass is 9.89. The van der Waals surface area contributed by atoms with Crippen molar-refractivity contribution in [1.82, 2.24) is 10.6 Å². The highest BCUT2D eigenvalue weighted by Gasteiger charge is 2.27. The molecule has 120 valence electrons. The van der Waals surface area contributed by atoms with E-state index in [-0.39, 0.29) is 0 Å². The summed E-state index contributed by atoms with van der Waals surface area (Å²) in [6.45, 7) is 4.58. The number of rotatable bonds is 6. The van der Waals surface area contributed by atoms with E-state index in [0.717, 1.165) is 0 Å². The molecule has 1 fully saturated rings. The summed E-state index contributed by atoms with van der Waals surface area (Å²) in [6.07, 6.45) is 5.26. The number of hydrogen-bond donors (Lipinski definition) is 2. The van der Waals surface area contributed by atoms with Crippen LogP contribution in [0.1, 0.15) is 61.4 Å². The van der Waals surface area contributed by atoms with Gasteiger partial charge in [0.25, 0.3) is 0 Å². The van der Waals surface area contributed by atoms with Gasteiger partial charge in [0.15, 0.2) is 0 Å². The van der Waals surface area contributed by atoms with Crippen molar-refractivity contribution in [3.63, 3.8) is 0 Å². The second-order valence-electron chi connectivity index (χ2n) is 6.30. The highest BCUT2D eigenvalue weighted by molar-refractivity contribution is 7.10. The molecule has 4 atom stereocenters. The Balaban J connectivity index is 1.61. The van der Waals surface area contributed by atoms with Crippen molar-refractivity contribution >= 4 is 22.7 Å². The van der Waals surface area contributed by atoms with E-state index in [1.807, 2.05) is 22.7 Å². The van der Waals surface area contributed by atoms with Gasteiger partial charge in [-0.15, -0.1) is 22.7 Å². The zero-order valence-electron chi connectivity index (χ0n) is 13.4. The quantitative estimate of drug-likeness (QED) is 0.766. The number of hydrogen-bond acceptors (Lipinski definition) is 4. The van der Waals surface area contributed by atoms with Gasteiger partial charge in [-0.1, -0.05) is 25.0 Å². The molecule has 22 heavy (non-hydrogen) atoms. The Bertz CT molecular complexity index is 485. The fraction of sp³-hybridized carbons (Fsp3) is 0.556. The Morgan fingerprint density at radius 3 is 1.68 bits per heavy atom. The molecule has 0 saturated heterocycles. The molecule has 0 amide bonds. The van der Waals surface area contributed by atoms with Gasteiger partial charge >= 0.3 is 0 Å². The molecule has 4 heteroatoms. The molecule has 1 saturated carbocycles. The summed E-state index contributed by atoms with van der Waals surface area (Å²) in [6, 6.07) is 10.8. The van der Waals surface area contributed by atoms with Gasteiger partial charge in [0.05, 0.1) is 0 Å². The van der Waals surface area contributed by atoms with Gasteiger partial charge in [-0.05, 0) is 49.6 Å². The highest BCUT2D eigenvalue weighted by Crippen LogP contribution is 2.27. The first-order valence-corrected chi connectivity index (χ1v) is 10.1. The molecular formula is C18H26N2S2. The lowest BCUT2D eigenvalue weighted by Gasteiger charge is -2.36. The maximum Gasteiger partial charge on any atom is 0.0388 e. The van der Waals surface area contributed by atoms with Crippen molar-refractivity contribution in [3.05, 3.63) is 44.8 Å². The molecule has 2 N–H and O–H groups in total. The van der Waals surface area contributed by atoms with Gasteiger partial charge in [0.2, 0.25) is 0 Å². The lowest BCUT2D eigenvalue weighted by molar-refractivity contribution is 0.255. The molecule has 2 aromatic heterocycles. The SMILES string of the molecule is C[C@@H](N[C@@H]1CCCC[C@H]1N[C@H](C)c1cccs1)c1cccs1. The third-order valence-electron chi connectivity index (χ3n) is 4.63. The van der Waals surface area contributed by atoms with Gasteiger partial charge in [0, 0.05) is 33.9 Å². The molecule has 2 nitrogen and oxygen atoms in total. The van der Waals surface area contributed by atoms with E-state index in [9.17, 15) is 0 Å². The van der Waals surface area contributed by atoms with E-state index in [4.69, 9.17) is 0 Å². The molecule has 0 bridgehead atoms. The van der Waals surface area contributed by atoms with E-state index < -0.39 is 0 Å². The number of nitrogens with one attached hydrogen (secondary N) is 2. The molecule has 0 unspecified atom stereocenters. The van der Waals surface area contributed by atoms with Crippen LogP contribution < -0.4 is 10.6 Å². The second kappa shape index (κ2) is 7.73. The fourth-order valence-corrected chi connectivity index (χ4v) is 4.90. The Labute approximate surface area is 142 Å². The van der Waals surface area contributed by atoms with Crippen molar-refractivity contribution in [3.8, 4) is 0 Å². The van der Waals surface area contributed by atoms with Crippen LogP contribution in [0.15, 0.2) is 35.0 Å². The van der Waals surface area contributed by atoms with Crippen molar-refractivity contribution in [2.24, 2.45) is 0 Å². The summed E-state index contributed by atoms with van der Waals surface area (Å²) < 4.78 is 0. The minimum atomic E-state index is 0.449. The van der Waals surface area contributed by atoms with Crippen molar-refractivity contribution in [1.29, 1.82) is 0 Å². The molecule has 2 aromatic rings. The van der Waals surface area contributed by atoms with Crippen molar-refractivity contribution in [2.45, 2.75) is 63.7 Å². The van der Waals surface area contributed by atoms with Crippen molar-refractivity contribution < 1.29 is 0 Å². The maximum absolute atomic E-state index is 3.87. The van der Waals surface area contributed by atoms with E-state index >= 15 is 0 Å². The predicted octanol–water partition coefficient (Wildman–Crippen LogP) is 5.12. The van der Waals surface area contributed by atoms with Crippen LogP contribution in [-0.2, 0) is 0 Å². The monoisotopic (exact) mass is 334 g/mol. The van der Waals surface area contributed by atoms with E-state index in [1.165, 1.54) is 35.4 Å². The molecular weight excluding hydrogens is 308 g/mol. The van der Waals surface area contributed by atoms with Crippen LogP contribution in [0.4, 0.5) is 0 Å². The third kappa shape index (κ3) is 3.99. The van der Waals surface area contributed by atoms with Gasteiger partial charge in [-0.2, -0.15) is 0 Å². The minimum Gasteiger partial charge on any atom is -0.305 e. The first kappa shape index (κ1) is 16.2. The summed E-state index contributed by atoms with van der Waals surface area (Å²) in [4.78, 5) is 2.88. The average Bonchev–Trinajstić information content (AvgIpc) is 3.23. The Morgan fingerprint density at radius 2 is 1.32 bits per heavy atom. The van der Waals surface area contributed by atoms with Crippen LogP contribution in [0, 0.1) is 0 Å². The summed E-state index contributed by atoms with van der Waals surface area (Å²) in [7, 11) is 0. The number of thiophene rings is 2. The van der Waals surface area contributed by atoms with Gasteiger partial charge < -0.3 is 10.6 Å². The fourth-order valence-electron chi connectivity index (χ4n) is 3.41. The lowest BCUT2D eigenvalue weighted by Crippen LogP contribution is -2.50. The predicted molar refractivity (Wildman–Crippen MR) is 97.8 cm³/mol. The molecule has 3 rings (SSSR count). The molecule has 0 radical (unpaired) electrons. The first-order chi connectivity index (χ1) is 10.7. The van der Waals surface area contributed by atoms with Crippen molar-refractivity contribution in [2.75, 3.05) is 0 Å². The smallest absolute Gasteiger partial charge is 0.0388 e. The van der Waals surface area contributed by atoms with Gasteiger partial charge in [-0.3, -0.25) is 0 Å². The Morgan fingerprint density at radius 1 is 0.864 bits per heavy atom. The molecule has 1 aliphatic rings. The van der Waals surface area contributed by atoms with Crippen LogP contribution in [0.3, 0.4) is 0 Å². The molecule has 0 aromatic carbocycles. The van der Waals surface area contributed by atoms with Crippen LogP contribution in [0.5, 0.6) is 0 Å². The summed E-state index contributed by atoms with van der Waals surface area (Å²) in [5.74, 6) is 0. The van der Waals surface area contributed by atoms with E-state index in [0.29, 0.717) is 24.2 Å². The second-order valence-corrected chi connectivity index (χ2v) is 8.26. The minimum absolute atomic E-state index is 0.449. The normalized spacial score (nSPS) is 25.0. The van der Waals surface area contributed by atoms with E-state index in [2.05, 4.69) is 59.5 Å². The summed E-state index contributed by atoms with van der Waals surface area (Å²) in [5.41, 5.74) is 0. The standard InChI is InChI=1S/C18H26N2S2/c1-13(17-9-5-11-21-17)19-15-7-3-4-8-16(15)20-14(2)18-10-6-12-22-18/h5-6,9-16,19-20H,3-4,7-8H2,1-2H3/t13-,14-,15-,16-/m1/s1. The van der Waals surface area contributed by atoms with Gasteiger partial charge in [-0.25, -0.2) is 0 Å². The zero-order valence-corrected chi connectivity index (χ0v) is 15.1. The third-order valence-corrected chi connectivity index (χ3v) is 6.74.